The number of rotatable bonds is 5. The van der Waals surface area contributed by atoms with Gasteiger partial charge in [-0.15, -0.1) is 0 Å². The van der Waals surface area contributed by atoms with Gasteiger partial charge in [-0.25, -0.2) is 4.79 Å². The third-order valence-corrected chi connectivity index (χ3v) is 2.76. The number of aromatic carboxylic acids is 1. The maximum atomic E-state index is 11.6. The topological polar surface area (TPSA) is 102 Å². The molecule has 2 N–H and O–H groups in total. The maximum Gasteiger partial charge on any atom is 0.337 e. The zero-order chi connectivity index (χ0) is 15.4. The van der Waals surface area contributed by atoms with Gasteiger partial charge < -0.3 is 19.7 Å². The van der Waals surface area contributed by atoms with Gasteiger partial charge in [-0.1, -0.05) is 16.8 Å². The van der Waals surface area contributed by atoms with Crippen LogP contribution in [0.5, 0.6) is 5.75 Å². The first kappa shape index (κ1) is 14.9. The van der Waals surface area contributed by atoms with E-state index in [1.807, 2.05) is 0 Å². The van der Waals surface area contributed by atoms with E-state index in [0.29, 0.717) is 5.76 Å². The Balaban J connectivity index is 1.95. The second-order valence-electron chi connectivity index (χ2n) is 4.11. The summed E-state index contributed by atoms with van der Waals surface area (Å²) in [4.78, 5) is 22.5. The van der Waals surface area contributed by atoms with E-state index in [9.17, 15) is 9.59 Å². The van der Waals surface area contributed by atoms with Gasteiger partial charge in [0.1, 0.15) is 11.5 Å². The number of carboxylic acid groups (broad SMARTS) is 1. The van der Waals surface area contributed by atoms with Crippen molar-refractivity contribution in [3.05, 3.63) is 40.6 Å². The molecule has 8 heteroatoms. The SMILES string of the molecule is Cc1cc(NC(=O)COc2ccc(Cl)c(C(=O)O)c2)no1. The van der Waals surface area contributed by atoms with Gasteiger partial charge in [0.05, 0.1) is 10.6 Å². The summed E-state index contributed by atoms with van der Waals surface area (Å²) in [6.07, 6.45) is 0. The standard InChI is InChI=1S/C13H11ClN2O5/c1-7-4-11(16-21-7)15-12(17)6-20-8-2-3-10(14)9(5-8)13(18)19/h2-5H,6H2,1H3,(H,18,19)(H,15,16,17). The fourth-order valence-corrected chi connectivity index (χ4v) is 1.71. The van der Waals surface area contributed by atoms with Crippen molar-refractivity contribution in [2.24, 2.45) is 0 Å². The smallest absolute Gasteiger partial charge is 0.337 e. The first-order chi connectivity index (χ1) is 9.95. The number of hydrogen-bond acceptors (Lipinski definition) is 5. The van der Waals surface area contributed by atoms with E-state index in [2.05, 4.69) is 10.5 Å². The van der Waals surface area contributed by atoms with E-state index in [1.54, 1.807) is 13.0 Å². The molecule has 0 spiro atoms. The fraction of sp³-hybridized carbons (Fsp3) is 0.154. The highest BCUT2D eigenvalue weighted by molar-refractivity contribution is 6.33. The van der Waals surface area contributed by atoms with Crippen LogP contribution in [0.15, 0.2) is 28.8 Å². The number of aryl methyl sites for hydroxylation is 1. The molecule has 1 amide bonds. The van der Waals surface area contributed by atoms with Crippen molar-refractivity contribution in [1.29, 1.82) is 0 Å². The van der Waals surface area contributed by atoms with Gasteiger partial charge in [-0.2, -0.15) is 0 Å². The number of carbonyl (C=O) groups is 2. The number of anilines is 1. The Hall–Kier alpha value is -2.54. The lowest BCUT2D eigenvalue weighted by atomic mass is 10.2. The zero-order valence-corrected chi connectivity index (χ0v) is 11.7. The maximum absolute atomic E-state index is 11.6. The van der Waals surface area contributed by atoms with Crippen molar-refractivity contribution < 1.29 is 24.0 Å². The molecule has 0 fully saturated rings. The molecule has 1 heterocycles. The Bertz CT molecular complexity index is 683. The number of carbonyl (C=O) groups excluding carboxylic acids is 1. The lowest BCUT2D eigenvalue weighted by Crippen LogP contribution is -2.20. The van der Waals surface area contributed by atoms with Gasteiger partial charge in [-0.05, 0) is 25.1 Å². The lowest BCUT2D eigenvalue weighted by molar-refractivity contribution is -0.118. The number of nitrogens with one attached hydrogen (secondary N) is 1. The lowest BCUT2D eigenvalue weighted by Gasteiger charge is -2.07. The summed E-state index contributed by atoms with van der Waals surface area (Å²) in [6.45, 7) is 1.40. The first-order valence-electron chi connectivity index (χ1n) is 5.84. The van der Waals surface area contributed by atoms with Crippen LogP contribution in [-0.2, 0) is 4.79 Å². The van der Waals surface area contributed by atoms with Crippen molar-refractivity contribution >= 4 is 29.3 Å². The number of halogens is 1. The molecule has 21 heavy (non-hydrogen) atoms. The van der Waals surface area contributed by atoms with E-state index in [0.717, 1.165) is 0 Å². The van der Waals surface area contributed by atoms with Crippen LogP contribution in [0.4, 0.5) is 5.82 Å². The normalized spacial score (nSPS) is 10.2. The van der Waals surface area contributed by atoms with E-state index in [1.165, 1.54) is 18.2 Å². The Morgan fingerprint density at radius 3 is 2.81 bits per heavy atom. The van der Waals surface area contributed by atoms with Crippen molar-refractivity contribution in [3.63, 3.8) is 0 Å². The average molecular weight is 311 g/mol. The fourth-order valence-electron chi connectivity index (χ4n) is 1.51. The molecule has 0 aliphatic carbocycles. The molecule has 0 saturated carbocycles. The number of amides is 1. The van der Waals surface area contributed by atoms with Crippen molar-refractivity contribution in [2.75, 3.05) is 11.9 Å². The molecule has 1 aromatic carbocycles. The number of ether oxygens (including phenoxy) is 1. The summed E-state index contributed by atoms with van der Waals surface area (Å²) in [5.41, 5.74) is -0.0956. The molecule has 7 nitrogen and oxygen atoms in total. The molecule has 0 radical (unpaired) electrons. The van der Waals surface area contributed by atoms with Crippen LogP contribution >= 0.6 is 11.6 Å². The number of aromatic nitrogens is 1. The highest BCUT2D eigenvalue weighted by Gasteiger charge is 2.11. The first-order valence-corrected chi connectivity index (χ1v) is 6.22. The summed E-state index contributed by atoms with van der Waals surface area (Å²) >= 11 is 5.73. The number of nitrogens with zero attached hydrogens (tertiary/aromatic N) is 1. The van der Waals surface area contributed by atoms with Gasteiger partial charge in [-0.3, -0.25) is 4.79 Å². The molecule has 1 aromatic heterocycles. The third-order valence-electron chi connectivity index (χ3n) is 2.43. The highest BCUT2D eigenvalue weighted by Crippen LogP contribution is 2.22. The zero-order valence-electron chi connectivity index (χ0n) is 10.9. The molecule has 110 valence electrons. The third kappa shape index (κ3) is 3.96. The summed E-state index contributed by atoms with van der Waals surface area (Å²) in [5.74, 6) is -0.551. The Morgan fingerprint density at radius 2 is 2.19 bits per heavy atom. The quantitative estimate of drug-likeness (QED) is 0.879. The summed E-state index contributed by atoms with van der Waals surface area (Å²) in [7, 11) is 0. The van der Waals surface area contributed by atoms with Crippen molar-refractivity contribution in [1.82, 2.24) is 5.16 Å². The molecule has 0 saturated heterocycles. The van der Waals surface area contributed by atoms with Gasteiger partial charge in [0.25, 0.3) is 5.91 Å². The molecule has 0 aliphatic heterocycles. The minimum Gasteiger partial charge on any atom is -0.484 e. The van der Waals surface area contributed by atoms with Crippen LogP contribution < -0.4 is 10.1 Å². The van der Waals surface area contributed by atoms with E-state index >= 15 is 0 Å². The van der Waals surface area contributed by atoms with Crippen LogP contribution in [0.2, 0.25) is 5.02 Å². The number of carboxylic acids is 1. The second kappa shape index (κ2) is 6.27. The predicted octanol–water partition coefficient (Wildman–Crippen LogP) is 2.35. The van der Waals surface area contributed by atoms with Crippen LogP contribution in [0.25, 0.3) is 0 Å². The van der Waals surface area contributed by atoms with Crippen LogP contribution in [0.1, 0.15) is 16.1 Å². The Kier molecular flexibility index (Phi) is 4.44. The molecule has 0 aliphatic rings. The Morgan fingerprint density at radius 1 is 1.43 bits per heavy atom. The summed E-state index contributed by atoms with van der Waals surface area (Å²) < 4.78 is 10.00. The van der Waals surface area contributed by atoms with Gasteiger partial charge in [0, 0.05) is 6.07 Å². The van der Waals surface area contributed by atoms with Crippen LogP contribution in [-0.4, -0.2) is 28.7 Å². The molecule has 0 bridgehead atoms. The monoisotopic (exact) mass is 310 g/mol. The second-order valence-corrected chi connectivity index (χ2v) is 4.51. The molecular weight excluding hydrogens is 300 g/mol. The minimum atomic E-state index is -1.17. The molecule has 2 aromatic rings. The largest absolute Gasteiger partial charge is 0.484 e. The summed E-state index contributed by atoms with van der Waals surface area (Å²) in [6, 6.07) is 5.67. The number of hydrogen-bond donors (Lipinski definition) is 2. The molecular formula is C13H11ClN2O5. The van der Waals surface area contributed by atoms with Crippen molar-refractivity contribution in [3.8, 4) is 5.75 Å². The van der Waals surface area contributed by atoms with Gasteiger partial charge in [0.15, 0.2) is 12.4 Å². The van der Waals surface area contributed by atoms with Gasteiger partial charge >= 0.3 is 5.97 Å². The molecule has 0 unspecified atom stereocenters. The highest BCUT2D eigenvalue weighted by atomic mass is 35.5. The van der Waals surface area contributed by atoms with Crippen molar-refractivity contribution in [2.45, 2.75) is 6.92 Å². The number of benzene rings is 1. The van der Waals surface area contributed by atoms with E-state index in [4.69, 9.17) is 26.0 Å². The minimum absolute atomic E-state index is 0.0948. The summed E-state index contributed by atoms with van der Waals surface area (Å²) in [5, 5.41) is 15.1. The Labute approximate surface area is 124 Å². The van der Waals surface area contributed by atoms with Crippen LogP contribution in [0, 0.1) is 6.92 Å². The molecule has 2 rings (SSSR count). The van der Waals surface area contributed by atoms with E-state index in [-0.39, 0.29) is 28.8 Å². The van der Waals surface area contributed by atoms with Gasteiger partial charge in [0.2, 0.25) is 0 Å². The van der Waals surface area contributed by atoms with Crippen LogP contribution in [0.3, 0.4) is 0 Å². The average Bonchev–Trinajstić information content (AvgIpc) is 2.82. The van der Waals surface area contributed by atoms with E-state index < -0.39 is 11.9 Å². The molecule has 0 atom stereocenters. The predicted molar refractivity (Wildman–Crippen MR) is 73.8 cm³/mol.